The zero-order valence-corrected chi connectivity index (χ0v) is 9.61. The summed E-state index contributed by atoms with van der Waals surface area (Å²) in [5, 5.41) is 3.56. The van der Waals surface area contributed by atoms with Crippen molar-refractivity contribution in [3.63, 3.8) is 0 Å². The molecule has 0 unspecified atom stereocenters. The number of hydrogen-bond donors (Lipinski definition) is 1. The highest BCUT2D eigenvalue weighted by Gasteiger charge is 2.07. The van der Waals surface area contributed by atoms with E-state index in [0.29, 0.717) is 12.1 Å². The van der Waals surface area contributed by atoms with E-state index in [0.717, 1.165) is 12.8 Å². The largest absolute Gasteiger partial charge is 0.308 e. The minimum absolute atomic E-state index is 0.382. The molecule has 1 aromatic heterocycles. The number of rotatable bonds is 6. The molecule has 0 spiro atoms. The van der Waals surface area contributed by atoms with Gasteiger partial charge in [0.1, 0.15) is 0 Å². The van der Waals surface area contributed by atoms with Gasteiger partial charge in [-0.25, -0.2) is 0 Å². The van der Waals surface area contributed by atoms with Gasteiger partial charge in [-0.2, -0.15) is 0 Å². The summed E-state index contributed by atoms with van der Waals surface area (Å²) in [6.07, 6.45) is 7.84. The van der Waals surface area contributed by atoms with Crippen LogP contribution in [0.15, 0.2) is 37.2 Å². The summed E-state index contributed by atoms with van der Waals surface area (Å²) in [6, 6.07) is 5.01. The second-order valence-electron chi connectivity index (χ2n) is 3.94. The van der Waals surface area contributed by atoms with Crippen LogP contribution in [0.3, 0.4) is 0 Å². The lowest BCUT2D eigenvalue weighted by Gasteiger charge is -2.19. The molecule has 0 aromatic carbocycles. The van der Waals surface area contributed by atoms with Crippen LogP contribution in [0.2, 0.25) is 0 Å². The second kappa shape index (κ2) is 6.36. The molecule has 0 aliphatic rings. The Morgan fingerprint density at radius 3 is 2.67 bits per heavy atom. The Morgan fingerprint density at radius 2 is 2.07 bits per heavy atom. The van der Waals surface area contributed by atoms with Gasteiger partial charge < -0.3 is 5.32 Å². The molecule has 82 valence electrons. The van der Waals surface area contributed by atoms with Gasteiger partial charge in [0.2, 0.25) is 0 Å². The first-order valence-electron chi connectivity index (χ1n) is 5.51. The van der Waals surface area contributed by atoms with Crippen molar-refractivity contribution in [2.75, 3.05) is 0 Å². The third-order valence-electron chi connectivity index (χ3n) is 2.54. The lowest BCUT2D eigenvalue weighted by molar-refractivity contribution is 0.458. The molecule has 0 amide bonds. The number of aromatic nitrogens is 1. The SMILES string of the molecule is C=CCC[C@H](C)N[C@H](C)c1ccncc1. The molecule has 15 heavy (non-hydrogen) atoms. The first-order valence-corrected chi connectivity index (χ1v) is 5.51. The molecule has 1 rings (SSSR count). The van der Waals surface area contributed by atoms with E-state index < -0.39 is 0 Å². The van der Waals surface area contributed by atoms with Gasteiger partial charge in [0.15, 0.2) is 0 Å². The summed E-state index contributed by atoms with van der Waals surface area (Å²) in [7, 11) is 0. The number of allylic oxidation sites excluding steroid dienone is 1. The monoisotopic (exact) mass is 204 g/mol. The zero-order chi connectivity index (χ0) is 11.1. The molecule has 1 aromatic rings. The van der Waals surface area contributed by atoms with Crippen LogP contribution in [0.25, 0.3) is 0 Å². The van der Waals surface area contributed by atoms with Gasteiger partial charge >= 0.3 is 0 Å². The molecular formula is C13H20N2. The van der Waals surface area contributed by atoms with Crippen molar-refractivity contribution in [1.82, 2.24) is 10.3 Å². The van der Waals surface area contributed by atoms with Crippen LogP contribution < -0.4 is 5.32 Å². The predicted octanol–water partition coefficient (Wildman–Crippen LogP) is 3.09. The summed E-state index contributed by atoms with van der Waals surface area (Å²) in [5.74, 6) is 0. The zero-order valence-electron chi connectivity index (χ0n) is 9.61. The molecule has 0 fully saturated rings. The number of nitrogens with zero attached hydrogens (tertiary/aromatic N) is 1. The van der Waals surface area contributed by atoms with E-state index in [2.05, 4.69) is 42.9 Å². The Kier molecular flexibility index (Phi) is 5.05. The molecule has 0 saturated carbocycles. The van der Waals surface area contributed by atoms with E-state index in [1.807, 2.05) is 18.5 Å². The van der Waals surface area contributed by atoms with E-state index in [1.54, 1.807) is 0 Å². The maximum atomic E-state index is 4.02. The molecule has 0 saturated heterocycles. The summed E-state index contributed by atoms with van der Waals surface area (Å²) in [6.45, 7) is 8.12. The van der Waals surface area contributed by atoms with Gasteiger partial charge in [0.25, 0.3) is 0 Å². The van der Waals surface area contributed by atoms with Gasteiger partial charge in [0, 0.05) is 24.5 Å². The van der Waals surface area contributed by atoms with Crippen LogP contribution in [0.1, 0.15) is 38.3 Å². The minimum atomic E-state index is 0.382. The first kappa shape index (κ1) is 11.9. The molecule has 1 heterocycles. The molecule has 0 aliphatic heterocycles. The molecule has 0 aliphatic carbocycles. The third kappa shape index (κ3) is 4.26. The fourth-order valence-corrected chi connectivity index (χ4v) is 1.63. The Bertz CT molecular complexity index is 282. The first-order chi connectivity index (χ1) is 7.24. The van der Waals surface area contributed by atoms with Gasteiger partial charge in [-0.05, 0) is 44.4 Å². The normalized spacial score (nSPS) is 14.5. The van der Waals surface area contributed by atoms with Gasteiger partial charge in [0.05, 0.1) is 0 Å². The molecule has 2 heteroatoms. The number of hydrogen-bond acceptors (Lipinski definition) is 2. The highest BCUT2D eigenvalue weighted by atomic mass is 14.9. The van der Waals surface area contributed by atoms with Crippen LogP contribution in [-0.4, -0.2) is 11.0 Å². The van der Waals surface area contributed by atoms with Gasteiger partial charge in [-0.15, -0.1) is 6.58 Å². The van der Waals surface area contributed by atoms with E-state index in [4.69, 9.17) is 0 Å². The lowest BCUT2D eigenvalue weighted by atomic mass is 10.1. The molecule has 2 nitrogen and oxygen atoms in total. The standard InChI is InChI=1S/C13H20N2/c1-4-5-6-11(2)15-12(3)13-7-9-14-10-8-13/h4,7-12,15H,1,5-6H2,2-3H3/t11-,12+/m0/s1. The van der Waals surface area contributed by atoms with Crippen LogP contribution in [0.4, 0.5) is 0 Å². The van der Waals surface area contributed by atoms with Crippen LogP contribution in [0.5, 0.6) is 0 Å². The number of pyridine rings is 1. The fraction of sp³-hybridized carbons (Fsp3) is 0.462. The van der Waals surface area contributed by atoms with E-state index in [-0.39, 0.29) is 0 Å². The minimum Gasteiger partial charge on any atom is -0.308 e. The van der Waals surface area contributed by atoms with Gasteiger partial charge in [-0.1, -0.05) is 6.08 Å². The van der Waals surface area contributed by atoms with E-state index in [9.17, 15) is 0 Å². The van der Waals surface area contributed by atoms with E-state index in [1.165, 1.54) is 5.56 Å². The van der Waals surface area contributed by atoms with Crippen molar-refractivity contribution in [2.24, 2.45) is 0 Å². The summed E-state index contributed by atoms with van der Waals surface area (Å²) < 4.78 is 0. The summed E-state index contributed by atoms with van der Waals surface area (Å²) in [4.78, 5) is 4.02. The van der Waals surface area contributed by atoms with Crippen LogP contribution >= 0.6 is 0 Å². The van der Waals surface area contributed by atoms with Gasteiger partial charge in [-0.3, -0.25) is 4.98 Å². The summed E-state index contributed by atoms with van der Waals surface area (Å²) >= 11 is 0. The molecule has 0 bridgehead atoms. The highest BCUT2D eigenvalue weighted by Crippen LogP contribution is 2.12. The Labute approximate surface area is 92.4 Å². The quantitative estimate of drug-likeness (QED) is 0.720. The van der Waals surface area contributed by atoms with Crippen molar-refractivity contribution in [3.05, 3.63) is 42.7 Å². The summed E-state index contributed by atoms with van der Waals surface area (Å²) in [5.41, 5.74) is 1.29. The third-order valence-corrected chi connectivity index (χ3v) is 2.54. The van der Waals surface area contributed by atoms with Crippen molar-refractivity contribution in [1.29, 1.82) is 0 Å². The molecule has 1 N–H and O–H groups in total. The second-order valence-corrected chi connectivity index (χ2v) is 3.94. The maximum absolute atomic E-state index is 4.02. The Balaban J connectivity index is 2.41. The fourth-order valence-electron chi connectivity index (χ4n) is 1.63. The topological polar surface area (TPSA) is 24.9 Å². The molecule has 0 radical (unpaired) electrons. The molecule has 2 atom stereocenters. The van der Waals surface area contributed by atoms with Crippen molar-refractivity contribution in [2.45, 2.75) is 38.8 Å². The van der Waals surface area contributed by atoms with E-state index >= 15 is 0 Å². The molecular weight excluding hydrogens is 184 g/mol. The average Bonchev–Trinajstić information content (AvgIpc) is 2.27. The van der Waals surface area contributed by atoms with Crippen molar-refractivity contribution in [3.8, 4) is 0 Å². The number of nitrogens with one attached hydrogen (secondary N) is 1. The predicted molar refractivity (Wildman–Crippen MR) is 64.7 cm³/mol. The smallest absolute Gasteiger partial charge is 0.0295 e. The van der Waals surface area contributed by atoms with Crippen molar-refractivity contribution >= 4 is 0 Å². The average molecular weight is 204 g/mol. The lowest BCUT2D eigenvalue weighted by Crippen LogP contribution is -2.28. The van der Waals surface area contributed by atoms with Crippen LogP contribution in [-0.2, 0) is 0 Å². The Hall–Kier alpha value is -1.15. The van der Waals surface area contributed by atoms with Crippen LogP contribution in [0, 0.1) is 0 Å². The maximum Gasteiger partial charge on any atom is 0.0295 e. The van der Waals surface area contributed by atoms with Crippen molar-refractivity contribution < 1.29 is 0 Å². The Morgan fingerprint density at radius 1 is 1.40 bits per heavy atom. The highest BCUT2D eigenvalue weighted by molar-refractivity contribution is 5.14.